The van der Waals surface area contributed by atoms with Crippen LogP contribution in [-0.4, -0.2) is 31.1 Å². The van der Waals surface area contributed by atoms with Crippen molar-refractivity contribution in [1.29, 1.82) is 10.5 Å². The fourth-order valence-corrected chi connectivity index (χ4v) is 1.87. The highest BCUT2D eigenvalue weighted by atomic mass is 16.7. The van der Waals surface area contributed by atoms with Gasteiger partial charge >= 0.3 is 5.97 Å². The van der Waals surface area contributed by atoms with Gasteiger partial charge in [0.05, 0.1) is 12.2 Å². The first-order valence-corrected chi connectivity index (χ1v) is 6.45. The molecule has 0 saturated carbocycles. The largest absolute Gasteiger partial charge is 0.463 e. The van der Waals surface area contributed by atoms with Crippen molar-refractivity contribution in [2.45, 2.75) is 52.1 Å². The zero-order valence-electron chi connectivity index (χ0n) is 11.9. The lowest BCUT2D eigenvalue weighted by molar-refractivity contribution is -0.194. The van der Waals surface area contributed by atoms with Gasteiger partial charge in [-0.25, -0.2) is 0 Å². The third-order valence-corrected chi connectivity index (χ3v) is 2.75. The number of hydrogen-bond acceptors (Lipinski definition) is 6. The summed E-state index contributed by atoms with van der Waals surface area (Å²) in [5.41, 5.74) is 0.587. The topological polar surface area (TPSA) is 92.3 Å². The van der Waals surface area contributed by atoms with Crippen molar-refractivity contribution in [2.24, 2.45) is 0 Å². The predicted molar refractivity (Wildman–Crippen MR) is 69.0 cm³/mol. The lowest BCUT2D eigenvalue weighted by atomic mass is 9.98. The fraction of sp³-hybridized carbons (Fsp3) is 0.643. The van der Waals surface area contributed by atoms with Gasteiger partial charge in [-0.05, 0) is 26.7 Å². The maximum atomic E-state index is 10.8. The Hall–Kier alpha value is -1.89. The van der Waals surface area contributed by atoms with E-state index < -0.39 is 6.29 Å². The smallest absolute Gasteiger partial charge is 0.302 e. The summed E-state index contributed by atoms with van der Waals surface area (Å²) in [6, 6.07) is 3.73. The average molecular weight is 278 g/mol. The SMILES string of the molecule is CC(=O)OC[C@@H]1CCC(=C(C#N)C#N)[C@@H](OC(C)C)O1. The lowest BCUT2D eigenvalue weighted by Gasteiger charge is -2.32. The molecule has 0 unspecified atom stereocenters. The minimum absolute atomic E-state index is 0.0292. The van der Waals surface area contributed by atoms with Gasteiger partial charge in [0.25, 0.3) is 0 Å². The van der Waals surface area contributed by atoms with E-state index in [0.717, 1.165) is 0 Å². The number of allylic oxidation sites excluding steroid dienone is 1. The Morgan fingerprint density at radius 1 is 1.45 bits per heavy atom. The Morgan fingerprint density at radius 3 is 2.60 bits per heavy atom. The molecule has 0 amide bonds. The summed E-state index contributed by atoms with van der Waals surface area (Å²) in [6.07, 6.45) is -0.0440. The van der Waals surface area contributed by atoms with E-state index >= 15 is 0 Å². The van der Waals surface area contributed by atoms with Gasteiger partial charge in [0.2, 0.25) is 0 Å². The molecule has 1 fully saturated rings. The molecule has 1 aliphatic rings. The first-order chi connectivity index (χ1) is 9.47. The van der Waals surface area contributed by atoms with Crippen molar-refractivity contribution >= 4 is 5.97 Å². The van der Waals surface area contributed by atoms with E-state index in [1.165, 1.54) is 6.92 Å². The van der Waals surface area contributed by atoms with Crippen LogP contribution in [0.15, 0.2) is 11.1 Å². The highest BCUT2D eigenvalue weighted by Crippen LogP contribution is 2.28. The number of ether oxygens (including phenoxy) is 3. The molecule has 1 aliphatic heterocycles. The second-order valence-electron chi connectivity index (χ2n) is 4.74. The zero-order chi connectivity index (χ0) is 15.1. The van der Waals surface area contributed by atoms with E-state index in [1.807, 2.05) is 26.0 Å². The molecule has 0 N–H and O–H groups in total. The highest BCUT2D eigenvalue weighted by Gasteiger charge is 2.31. The molecular formula is C14H18N2O4. The number of nitrogens with zero attached hydrogens (tertiary/aromatic N) is 2. The first-order valence-electron chi connectivity index (χ1n) is 6.45. The van der Waals surface area contributed by atoms with Crippen LogP contribution in [0.3, 0.4) is 0 Å². The molecule has 1 heterocycles. The monoisotopic (exact) mass is 278 g/mol. The van der Waals surface area contributed by atoms with Gasteiger partial charge in [-0.2, -0.15) is 10.5 Å². The third-order valence-electron chi connectivity index (χ3n) is 2.75. The van der Waals surface area contributed by atoms with Gasteiger partial charge in [-0.1, -0.05) is 0 Å². The molecule has 1 rings (SSSR count). The molecule has 2 atom stereocenters. The third kappa shape index (κ3) is 4.65. The van der Waals surface area contributed by atoms with Crippen LogP contribution in [0.2, 0.25) is 0 Å². The average Bonchev–Trinajstić information content (AvgIpc) is 2.39. The Labute approximate surface area is 118 Å². The summed E-state index contributed by atoms with van der Waals surface area (Å²) in [4.78, 5) is 10.8. The Morgan fingerprint density at radius 2 is 2.10 bits per heavy atom. The molecule has 6 nitrogen and oxygen atoms in total. The van der Waals surface area contributed by atoms with E-state index in [9.17, 15) is 4.79 Å². The second-order valence-corrected chi connectivity index (χ2v) is 4.74. The standard InChI is InChI=1S/C14H18N2O4/c1-9(2)19-14-13(11(6-15)7-16)5-4-12(20-14)8-18-10(3)17/h9,12,14H,4-5,8H2,1-3H3/t12-,14-/m0/s1. The summed E-state index contributed by atoms with van der Waals surface area (Å²) in [5, 5.41) is 17.9. The van der Waals surface area contributed by atoms with Gasteiger partial charge in [0.15, 0.2) is 6.29 Å². The van der Waals surface area contributed by atoms with Crippen LogP contribution in [-0.2, 0) is 19.0 Å². The minimum atomic E-state index is -0.737. The van der Waals surface area contributed by atoms with Crippen LogP contribution in [0, 0.1) is 22.7 Å². The zero-order valence-corrected chi connectivity index (χ0v) is 11.9. The van der Waals surface area contributed by atoms with Crippen molar-refractivity contribution in [3.63, 3.8) is 0 Å². The number of carbonyl (C=O) groups is 1. The first kappa shape index (κ1) is 16.2. The molecule has 20 heavy (non-hydrogen) atoms. The molecule has 108 valence electrons. The van der Waals surface area contributed by atoms with Crippen LogP contribution in [0.5, 0.6) is 0 Å². The number of hydrogen-bond donors (Lipinski definition) is 0. The van der Waals surface area contributed by atoms with Crippen LogP contribution >= 0.6 is 0 Å². The maximum Gasteiger partial charge on any atom is 0.302 e. The summed E-state index contributed by atoms with van der Waals surface area (Å²) < 4.78 is 16.2. The molecule has 0 spiro atoms. The van der Waals surface area contributed by atoms with Gasteiger partial charge in [0, 0.05) is 12.5 Å². The van der Waals surface area contributed by atoms with E-state index in [2.05, 4.69) is 0 Å². The van der Waals surface area contributed by atoms with Gasteiger partial charge < -0.3 is 14.2 Å². The molecule has 0 aromatic carbocycles. The summed E-state index contributed by atoms with van der Waals surface area (Å²) in [7, 11) is 0. The van der Waals surface area contributed by atoms with Crippen molar-refractivity contribution in [1.82, 2.24) is 0 Å². The molecule has 0 aliphatic carbocycles. The lowest BCUT2D eigenvalue weighted by Crippen LogP contribution is -2.36. The van der Waals surface area contributed by atoms with Gasteiger partial charge in [-0.15, -0.1) is 0 Å². The number of carbonyl (C=O) groups excluding carboxylic acids is 1. The van der Waals surface area contributed by atoms with Crippen LogP contribution in [0.25, 0.3) is 0 Å². The van der Waals surface area contributed by atoms with E-state index in [4.69, 9.17) is 24.7 Å². The molecule has 0 radical (unpaired) electrons. The molecular weight excluding hydrogens is 260 g/mol. The number of rotatable bonds is 4. The highest BCUT2D eigenvalue weighted by molar-refractivity contribution is 5.65. The van der Waals surface area contributed by atoms with Crippen molar-refractivity contribution in [2.75, 3.05) is 6.61 Å². The molecule has 0 bridgehead atoms. The van der Waals surface area contributed by atoms with E-state index in [-0.39, 0.29) is 30.4 Å². The van der Waals surface area contributed by atoms with Gasteiger partial charge in [-0.3, -0.25) is 4.79 Å². The predicted octanol–water partition coefficient (Wildman–Crippen LogP) is 1.82. The normalized spacial score (nSPS) is 22.0. The number of nitriles is 2. The Kier molecular flexibility index (Phi) is 6.17. The van der Waals surface area contributed by atoms with Gasteiger partial charge in [0.1, 0.15) is 24.3 Å². The van der Waals surface area contributed by atoms with E-state index in [1.54, 1.807) is 0 Å². The van der Waals surface area contributed by atoms with Crippen LogP contribution in [0.1, 0.15) is 33.6 Å². The number of esters is 1. The summed E-state index contributed by atoms with van der Waals surface area (Å²) >= 11 is 0. The van der Waals surface area contributed by atoms with Crippen LogP contribution < -0.4 is 0 Å². The fourth-order valence-electron chi connectivity index (χ4n) is 1.87. The van der Waals surface area contributed by atoms with Crippen molar-refractivity contribution in [3.8, 4) is 12.1 Å². The summed E-state index contributed by atoms with van der Waals surface area (Å²) in [6.45, 7) is 5.17. The Balaban J connectivity index is 2.82. The maximum absolute atomic E-state index is 10.8. The van der Waals surface area contributed by atoms with Crippen LogP contribution in [0.4, 0.5) is 0 Å². The molecule has 0 aromatic rings. The quantitative estimate of drug-likeness (QED) is 0.575. The minimum Gasteiger partial charge on any atom is -0.463 e. The molecule has 1 saturated heterocycles. The molecule has 6 heteroatoms. The van der Waals surface area contributed by atoms with Crippen molar-refractivity contribution < 1.29 is 19.0 Å². The second kappa shape index (κ2) is 7.64. The van der Waals surface area contributed by atoms with Crippen molar-refractivity contribution in [3.05, 3.63) is 11.1 Å². The molecule has 0 aromatic heterocycles. The Bertz CT molecular complexity index is 455. The van der Waals surface area contributed by atoms with E-state index in [0.29, 0.717) is 18.4 Å². The summed E-state index contributed by atoms with van der Waals surface area (Å²) in [5.74, 6) is -0.369.